The number of nitrogens with zero attached hydrogens (tertiary/aromatic N) is 2. The van der Waals surface area contributed by atoms with Crippen LogP contribution in [0.25, 0.3) is 0 Å². The Labute approximate surface area is 138 Å². The Balaban J connectivity index is 2.13. The van der Waals surface area contributed by atoms with Gasteiger partial charge in [-0.1, -0.05) is 26.7 Å². The SMILES string of the molecule is CC(C)CNCC1CCCCC1c1c(Br)cnn1C(C)C. The second-order valence-electron chi connectivity index (χ2n) is 7.12. The van der Waals surface area contributed by atoms with E-state index in [1.165, 1.54) is 35.8 Å². The minimum Gasteiger partial charge on any atom is -0.316 e. The van der Waals surface area contributed by atoms with Crippen molar-refractivity contribution in [2.24, 2.45) is 11.8 Å². The summed E-state index contributed by atoms with van der Waals surface area (Å²) in [7, 11) is 0. The standard InChI is InChI=1S/C17H30BrN3/c1-12(2)9-19-10-14-7-5-6-8-15(14)17-16(18)11-20-21(17)13(3)4/h11-15,19H,5-10H2,1-4H3. The van der Waals surface area contributed by atoms with Gasteiger partial charge in [-0.25, -0.2) is 0 Å². The fourth-order valence-electron chi connectivity index (χ4n) is 3.48. The molecule has 3 nitrogen and oxygen atoms in total. The number of nitrogens with one attached hydrogen (secondary N) is 1. The monoisotopic (exact) mass is 355 g/mol. The van der Waals surface area contributed by atoms with Crippen molar-refractivity contribution in [1.82, 2.24) is 15.1 Å². The fraction of sp³-hybridized carbons (Fsp3) is 0.824. The van der Waals surface area contributed by atoms with Crippen LogP contribution in [0.4, 0.5) is 0 Å². The number of hydrogen-bond acceptors (Lipinski definition) is 2. The third-order valence-electron chi connectivity index (χ3n) is 4.50. The zero-order valence-corrected chi connectivity index (χ0v) is 15.5. The van der Waals surface area contributed by atoms with Crippen LogP contribution in [0.3, 0.4) is 0 Å². The largest absolute Gasteiger partial charge is 0.316 e. The van der Waals surface area contributed by atoms with Crippen LogP contribution in [0.1, 0.15) is 71.0 Å². The molecule has 1 aromatic rings. The Morgan fingerprint density at radius 3 is 2.67 bits per heavy atom. The molecule has 120 valence electrons. The van der Waals surface area contributed by atoms with Gasteiger partial charge < -0.3 is 5.32 Å². The normalized spacial score (nSPS) is 23.2. The smallest absolute Gasteiger partial charge is 0.0635 e. The minimum absolute atomic E-state index is 0.428. The number of halogens is 1. The molecule has 1 aromatic heterocycles. The average molecular weight is 356 g/mol. The van der Waals surface area contributed by atoms with E-state index < -0.39 is 0 Å². The van der Waals surface area contributed by atoms with Gasteiger partial charge in [0.1, 0.15) is 0 Å². The first kappa shape index (κ1) is 17.0. The van der Waals surface area contributed by atoms with Crippen molar-refractivity contribution in [3.63, 3.8) is 0 Å². The van der Waals surface area contributed by atoms with Gasteiger partial charge in [-0.2, -0.15) is 5.10 Å². The van der Waals surface area contributed by atoms with Gasteiger partial charge in [-0.05, 0) is 67.5 Å². The quantitative estimate of drug-likeness (QED) is 0.797. The van der Waals surface area contributed by atoms with Crippen LogP contribution in [0, 0.1) is 11.8 Å². The lowest BCUT2D eigenvalue weighted by Crippen LogP contribution is -2.32. The number of rotatable bonds is 6. The van der Waals surface area contributed by atoms with E-state index in [2.05, 4.69) is 58.7 Å². The maximum atomic E-state index is 4.58. The third kappa shape index (κ3) is 4.32. The van der Waals surface area contributed by atoms with E-state index in [1.807, 2.05) is 6.20 Å². The number of hydrogen-bond donors (Lipinski definition) is 1. The summed E-state index contributed by atoms with van der Waals surface area (Å²) in [6.45, 7) is 11.2. The molecule has 1 heterocycles. The van der Waals surface area contributed by atoms with Gasteiger partial charge in [0.15, 0.2) is 0 Å². The van der Waals surface area contributed by atoms with Crippen molar-refractivity contribution >= 4 is 15.9 Å². The summed E-state index contributed by atoms with van der Waals surface area (Å²) in [5.41, 5.74) is 1.42. The first-order valence-electron chi connectivity index (χ1n) is 8.44. The molecule has 0 radical (unpaired) electrons. The highest BCUT2D eigenvalue weighted by molar-refractivity contribution is 9.10. The molecule has 1 fully saturated rings. The molecule has 0 bridgehead atoms. The highest BCUT2D eigenvalue weighted by Crippen LogP contribution is 2.41. The van der Waals surface area contributed by atoms with E-state index >= 15 is 0 Å². The van der Waals surface area contributed by atoms with Crippen LogP contribution in [-0.4, -0.2) is 22.9 Å². The minimum atomic E-state index is 0.428. The molecule has 2 unspecified atom stereocenters. The lowest BCUT2D eigenvalue weighted by molar-refractivity contribution is 0.276. The molecule has 2 atom stereocenters. The van der Waals surface area contributed by atoms with Gasteiger partial charge in [-0.3, -0.25) is 4.68 Å². The summed E-state index contributed by atoms with van der Waals surface area (Å²) in [4.78, 5) is 0. The molecule has 1 aliphatic carbocycles. The summed E-state index contributed by atoms with van der Waals surface area (Å²) < 4.78 is 3.41. The summed E-state index contributed by atoms with van der Waals surface area (Å²) in [5, 5.41) is 8.25. The van der Waals surface area contributed by atoms with Gasteiger partial charge in [0.05, 0.1) is 16.4 Å². The highest BCUT2D eigenvalue weighted by atomic mass is 79.9. The predicted molar refractivity (Wildman–Crippen MR) is 92.7 cm³/mol. The first-order chi connectivity index (χ1) is 10.0. The maximum absolute atomic E-state index is 4.58. The second-order valence-corrected chi connectivity index (χ2v) is 7.97. The molecule has 0 spiro atoms. The second kappa shape index (κ2) is 7.77. The summed E-state index contributed by atoms with van der Waals surface area (Å²) in [5.74, 6) is 2.10. The van der Waals surface area contributed by atoms with Crippen molar-refractivity contribution in [1.29, 1.82) is 0 Å². The van der Waals surface area contributed by atoms with E-state index in [0.717, 1.165) is 24.9 Å². The Hall–Kier alpha value is -0.350. The molecule has 1 aliphatic rings. The van der Waals surface area contributed by atoms with Crippen molar-refractivity contribution in [2.75, 3.05) is 13.1 Å². The number of aromatic nitrogens is 2. The molecule has 0 amide bonds. The predicted octanol–water partition coefficient (Wildman–Crippen LogP) is 4.75. The zero-order valence-electron chi connectivity index (χ0n) is 13.9. The van der Waals surface area contributed by atoms with E-state index in [4.69, 9.17) is 0 Å². The van der Waals surface area contributed by atoms with Gasteiger partial charge in [0, 0.05) is 12.0 Å². The summed E-state index contributed by atoms with van der Waals surface area (Å²) in [6.07, 6.45) is 7.33. The van der Waals surface area contributed by atoms with Crippen LogP contribution in [0.15, 0.2) is 10.7 Å². The van der Waals surface area contributed by atoms with Gasteiger partial charge in [0.2, 0.25) is 0 Å². The first-order valence-corrected chi connectivity index (χ1v) is 9.23. The molecule has 1 N–H and O–H groups in total. The van der Waals surface area contributed by atoms with Crippen molar-refractivity contribution in [3.8, 4) is 0 Å². The summed E-state index contributed by atoms with van der Waals surface area (Å²) in [6, 6.07) is 0.428. The van der Waals surface area contributed by atoms with Crippen molar-refractivity contribution in [2.45, 2.75) is 65.3 Å². The Kier molecular flexibility index (Phi) is 6.30. The average Bonchev–Trinajstić information content (AvgIpc) is 2.81. The van der Waals surface area contributed by atoms with Crippen molar-refractivity contribution in [3.05, 3.63) is 16.4 Å². The fourth-order valence-corrected chi connectivity index (χ4v) is 4.05. The van der Waals surface area contributed by atoms with Crippen LogP contribution >= 0.6 is 15.9 Å². The topological polar surface area (TPSA) is 29.9 Å². The van der Waals surface area contributed by atoms with E-state index in [9.17, 15) is 0 Å². The lowest BCUT2D eigenvalue weighted by atomic mass is 9.77. The van der Waals surface area contributed by atoms with E-state index in [1.54, 1.807) is 0 Å². The molecule has 1 saturated carbocycles. The molecule has 21 heavy (non-hydrogen) atoms. The zero-order chi connectivity index (χ0) is 15.4. The molecular formula is C17H30BrN3. The van der Waals surface area contributed by atoms with Gasteiger partial charge in [0.25, 0.3) is 0 Å². The van der Waals surface area contributed by atoms with Crippen LogP contribution in [0.5, 0.6) is 0 Å². The van der Waals surface area contributed by atoms with Crippen LogP contribution < -0.4 is 5.32 Å². The van der Waals surface area contributed by atoms with Crippen LogP contribution in [0.2, 0.25) is 0 Å². The molecule has 0 saturated heterocycles. The Bertz CT molecular complexity index is 439. The van der Waals surface area contributed by atoms with E-state index in [-0.39, 0.29) is 0 Å². The third-order valence-corrected chi connectivity index (χ3v) is 5.11. The Morgan fingerprint density at radius 1 is 1.29 bits per heavy atom. The van der Waals surface area contributed by atoms with Gasteiger partial charge >= 0.3 is 0 Å². The Morgan fingerprint density at radius 2 is 2.00 bits per heavy atom. The van der Waals surface area contributed by atoms with E-state index in [0.29, 0.717) is 12.0 Å². The molecular weight excluding hydrogens is 326 g/mol. The van der Waals surface area contributed by atoms with Crippen molar-refractivity contribution < 1.29 is 0 Å². The molecule has 2 rings (SSSR count). The van der Waals surface area contributed by atoms with Crippen LogP contribution in [-0.2, 0) is 0 Å². The van der Waals surface area contributed by atoms with Gasteiger partial charge in [-0.15, -0.1) is 0 Å². The lowest BCUT2D eigenvalue weighted by Gasteiger charge is -2.33. The molecule has 4 heteroatoms. The molecule has 0 aliphatic heterocycles. The maximum Gasteiger partial charge on any atom is 0.0635 e. The molecule has 0 aromatic carbocycles. The summed E-state index contributed by atoms with van der Waals surface area (Å²) >= 11 is 3.74. The highest BCUT2D eigenvalue weighted by Gasteiger charge is 2.31.